The zero-order chi connectivity index (χ0) is 33.4. The summed E-state index contributed by atoms with van der Waals surface area (Å²) >= 11 is 0. The average molecular weight is 664 g/mol. The molecular formula is C44H29N3O2S. The zero-order valence-corrected chi connectivity index (χ0v) is 27.6. The Labute approximate surface area is 289 Å². The number of para-hydroxylation sites is 4. The van der Waals surface area contributed by atoms with Crippen molar-refractivity contribution in [3.05, 3.63) is 176 Å². The van der Waals surface area contributed by atoms with Gasteiger partial charge in [-0.25, -0.2) is 12.7 Å². The number of rotatable bonds is 4. The van der Waals surface area contributed by atoms with Crippen molar-refractivity contribution >= 4 is 54.1 Å². The lowest BCUT2D eigenvalue weighted by Gasteiger charge is -2.31. The van der Waals surface area contributed by atoms with Crippen molar-refractivity contribution in [3.63, 3.8) is 0 Å². The van der Waals surface area contributed by atoms with E-state index in [2.05, 4.69) is 94.1 Å². The van der Waals surface area contributed by atoms with E-state index in [1.165, 1.54) is 15.1 Å². The Balaban J connectivity index is 1.15. The van der Waals surface area contributed by atoms with E-state index in [9.17, 15) is 8.42 Å². The van der Waals surface area contributed by atoms with E-state index in [-0.39, 0.29) is 4.90 Å². The molecule has 0 radical (unpaired) electrons. The van der Waals surface area contributed by atoms with Gasteiger partial charge in [0.1, 0.15) is 0 Å². The van der Waals surface area contributed by atoms with Crippen molar-refractivity contribution in [2.75, 3.05) is 4.31 Å². The average Bonchev–Trinajstić information content (AvgIpc) is 3.69. The van der Waals surface area contributed by atoms with E-state index >= 15 is 0 Å². The third-order valence-electron chi connectivity index (χ3n) is 9.85. The second kappa shape index (κ2) is 10.8. The fourth-order valence-corrected chi connectivity index (χ4v) is 9.41. The number of aromatic nitrogens is 2. The number of nitrogens with zero attached hydrogens (tertiary/aromatic N) is 3. The molecule has 0 bridgehead atoms. The molecule has 50 heavy (non-hydrogen) atoms. The Hall–Kier alpha value is -6.37. The molecule has 9 aromatic rings. The van der Waals surface area contributed by atoms with E-state index in [4.69, 9.17) is 0 Å². The van der Waals surface area contributed by atoms with Crippen LogP contribution in [0, 0.1) is 0 Å². The lowest BCUT2D eigenvalue weighted by atomic mass is 10.0. The van der Waals surface area contributed by atoms with Crippen molar-refractivity contribution in [2.45, 2.75) is 4.90 Å². The smallest absolute Gasteiger partial charge is 0.269 e. The van der Waals surface area contributed by atoms with Crippen LogP contribution in [0.2, 0.25) is 0 Å². The summed E-state index contributed by atoms with van der Waals surface area (Å²) < 4.78 is 35.3. The van der Waals surface area contributed by atoms with Gasteiger partial charge in [-0.2, -0.15) is 0 Å². The minimum Gasteiger partial charge on any atom is -0.309 e. The third-order valence-corrected chi connectivity index (χ3v) is 11.6. The fraction of sp³-hybridized carbons (Fsp3) is 0. The van der Waals surface area contributed by atoms with Crippen LogP contribution >= 0.6 is 0 Å². The highest BCUT2D eigenvalue weighted by Gasteiger charge is 2.40. The minimum atomic E-state index is -3.95. The monoisotopic (exact) mass is 663 g/mol. The molecule has 2 aromatic heterocycles. The van der Waals surface area contributed by atoms with Gasteiger partial charge in [0.2, 0.25) is 0 Å². The van der Waals surface area contributed by atoms with E-state index < -0.39 is 10.0 Å². The molecule has 0 saturated heterocycles. The predicted octanol–water partition coefficient (Wildman–Crippen LogP) is 10.9. The van der Waals surface area contributed by atoms with Crippen molar-refractivity contribution < 1.29 is 8.42 Å². The second-order valence-corrected chi connectivity index (χ2v) is 14.4. The van der Waals surface area contributed by atoms with Crippen LogP contribution in [0.4, 0.5) is 11.4 Å². The van der Waals surface area contributed by atoms with Gasteiger partial charge in [0.05, 0.1) is 38.5 Å². The Morgan fingerprint density at radius 1 is 0.400 bits per heavy atom. The Morgan fingerprint density at radius 2 is 0.940 bits per heavy atom. The summed E-state index contributed by atoms with van der Waals surface area (Å²) in [4.78, 5) is 0.289. The van der Waals surface area contributed by atoms with Gasteiger partial charge >= 0.3 is 0 Å². The number of fused-ring (bicyclic) bond motifs is 8. The molecule has 0 unspecified atom stereocenters. The number of hydrogen-bond acceptors (Lipinski definition) is 2. The summed E-state index contributed by atoms with van der Waals surface area (Å²) in [7, 11) is -3.95. The van der Waals surface area contributed by atoms with Gasteiger partial charge in [-0.05, 0) is 77.9 Å². The molecule has 0 saturated carbocycles. The maximum Gasteiger partial charge on any atom is 0.269 e. The normalized spacial score (nSPS) is 13.5. The molecule has 0 aliphatic carbocycles. The van der Waals surface area contributed by atoms with Crippen molar-refractivity contribution in [1.29, 1.82) is 0 Å². The molecule has 0 spiro atoms. The Morgan fingerprint density at radius 3 is 1.66 bits per heavy atom. The van der Waals surface area contributed by atoms with Crippen LogP contribution in [-0.2, 0) is 10.0 Å². The molecule has 5 nitrogen and oxygen atoms in total. The van der Waals surface area contributed by atoms with Crippen LogP contribution in [0.5, 0.6) is 0 Å². The summed E-state index contributed by atoms with van der Waals surface area (Å²) in [6.07, 6.45) is 0. The first-order valence-corrected chi connectivity index (χ1v) is 18.1. The highest BCUT2D eigenvalue weighted by Crippen LogP contribution is 2.52. The highest BCUT2D eigenvalue weighted by molar-refractivity contribution is 7.93. The standard InChI is InChI=1S/C44H29N3O2S/c48-50(49)42-22-12-9-19-37(42)43-44(36-18-8-11-21-40(36)46(43)33-15-5-2-6-16-33)47(50)34-26-23-30(24-27-34)31-25-28-41-38(29-31)35-17-7-10-20-39(35)45(41)32-13-3-1-4-14-32/h1-29H. The zero-order valence-electron chi connectivity index (χ0n) is 26.8. The molecule has 3 heterocycles. The van der Waals surface area contributed by atoms with E-state index in [1.54, 1.807) is 12.1 Å². The minimum absolute atomic E-state index is 0.289. The van der Waals surface area contributed by atoms with Gasteiger partial charge in [-0.1, -0.05) is 109 Å². The first-order valence-electron chi connectivity index (χ1n) is 16.6. The molecule has 1 aliphatic heterocycles. The SMILES string of the molecule is O=S1(=O)c2ccccc2-c2c(c3ccccc3n2-c2ccccc2)N1c1ccc(-c2ccc3c(c2)c2ccccc2n3-c2ccccc2)cc1. The van der Waals surface area contributed by atoms with E-state index in [0.717, 1.165) is 50.1 Å². The van der Waals surface area contributed by atoms with Crippen LogP contribution in [0.25, 0.3) is 66.5 Å². The first-order chi connectivity index (χ1) is 24.6. The number of hydrogen-bond donors (Lipinski definition) is 0. The number of anilines is 2. The molecule has 238 valence electrons. The van der Waals surface area contributed by atoms with Crippen LogP contribution in [0.1, 0.15) is 0 Å². The van der Waals surface area contributed by atoms with Crippen molar-refractivity contribution in [1.82, 2.24) is 9.13 Å². The van der Waals surface area contributed by atoms with Gasteiger partial charge in [0, 0.05) is 33.1 Å². The molecule has 10 rings (SSSR count). The van der Waals surface area contributed by atoms with Crippen molar-refractivity contribution in [3.8, 4) is 33.8 Å². The summed E-state index contributed by atoms with van der Waals surface area (Å²) in [5.41, 5.74) is 10.2. The van der Waals surface area contributed by atoms with Crippen LogP contribution in [0.3, 0.4) is 0 Å². The maximum atomic E-state index is 14.6. The maximum absolute atomic E-state index is 14.6. The molecule has 7 aromatic carbocycles. The van der Waals surface area contributed by atoms with Crippen LogP contribution in [-0.4, -0.2) is 17.6 Å². The van der Waals surface area contributed by atoms with Gasteiger partial charge in [-0.15, -0.1) is 0 Å². The number of benzene rings is 7. The predicted molar refractivity (Wildman–Crippen MR) is 204 cm³/mol. The summed E-state index contributed by atoms with van der Waals surface area (Å²) in [5.74, 6) is 0. The summed E-state index contributed by atoms with van der Waals surface area (Å²) in [5, 5.41) is 3.22. The molecule has 0 atom stereocenters. The second-order valence-electron chi connectivity index (χ2n) is 12.6. The lowest BCUT2D eigenvalue weighted by molar-refractivity contribution is 0.595. The fourth-order valence-electron chi connectivity index (χ4n) is 7.69. The Kier molecular flexibility index (Phi) is 6.19. The van der Waals surface area contributed by atoms with Crippen LogP contribution in [0.15, 0.2) is 181 Å². The Bertz CT molecular complexity index is 2870. The molecule has 0 fully saturated rings. The number of sulfonamides is 1. The highest BCUT2D eigenvalue weighted by atomic mass is 32.2. The first kappa shape index (κ1) is 28.6. The quantitative estimate of drug-likeness (QED) is 0.188. The van der Waals surface area contributed by atoms with Gasteiger partial charge < -0.3 is 9.13 Å². The third kappa shape index (κ3) is 4.09. The van der Waals surface area contributed by atoms with E-state index in [0.29, 0.717) is 16.9 Å². The van der Waals surface area contributed by atoms with Gasteiger partial charge in [0.25, 0.3) is 10.0 Å². The molecule has 0 amide bonds. The lowest BCUT2D eigenvalue weighted by Crippen LogP contribution is -2.30. The van der Waals surface area contributed by atoms with Gasteiger partial charge in [0.15, 0.2) is 0 Å². The largest absolute Gasteiger partial charge is 0.309 e. The van der Waals surface area contributed by atoms with Crippen LogP contribution < -0.4 is 4.31 Å². The topological polar surface area (TPSA) is 47.2 Å². The van der Waals surface area contributed by atoms with E-state index in [1.807, 2.05) is 78.9 Å². The van der Waals surface area contributed by atoms with Crippen molar-refractivity contribution in [2.24, 2.45) is 0 Å². The molecular weight excluding hydrogens is 635 g/mol. The molecule has 6 heteroatoms. The van der Waals surface area contributed by atoms with Gasteiger partial charge in [-0.3, -0.25) is 0 Å². The summed E-state index contributed by atoms with van der Waals surface area (Å²) in [6, 6.07) is 58.9. The molecule has 1 aliphatic rings. The summed E-state index contributed by atoms with van der Waals surface area (Å²) in [6.45, 7) is 0. The molecule has 0 N–H and O–H groups in total.